The van der Waals surface area contributed by atoms with Gasteiger partial charge in [0.25, 0.3) is 0 Å². The molecule has 0 atom stereocenters. The van der Waals surface area contributed by atoms with Crippen LogP contribution in [0.25, 0.3) is 22.3 Å². The minimum atomic E-state index is -1.55. The van der Waals surface area contributed by atoms with Crippen molar-refractivity contribution in [2.24, 2.45) is 0 Å². The third-order valence-electron chi connectivity index (χ3n) is 3.01. The van der Waals surface area contributed by atoms with Crippen LogP contribution in [-0.4, -0.2) is 27.1 Å². The fourth-order valence-corrected chi connectivity index (χ4v) is 1.99. The lowest BCUT2D eigenvalue weighted by atomic mass is 9.80. The summed E-state index contributed by atoms with van der Waals surface area (Å²) in [7, 11) is -1.55. The third-order valence-corrected chi connectivity index (χ3v) is 3.01. The van der Waals surface area contributed by atoms with Gasteiger partial charge in [-0.15, -0.1) is 0 Å². The van der Waals surface area contributed by atoms with Gasteiger partial charge in [-0.3, -0.25) is 4.98 Å². The van der Waals surface area contributed by atoms with Crippen molar-refractivity contribution in [2.75, 3.05) is 0 Å². The molecule has 0 fully saturated rings. The molecule has 2 aromatic carbocycles. The van der Waals surface area contributed by atoms with Crippen LogP contribution in [-0.2, 0) is 0 Å². The minimum absolute atomic E-state index is 0.338. The predicted molar refractivity (Wildman–Crippen MR) is 74.8 cm³/mol. The maximum Gasteiger partial charge on any atom is 0.488 e. The Morgan fingerprint density at radius 3 is 2.55 bits per heavy atom. The summed E-state index contributed by atoms with van der Waals surface area (Å²) >= 11 is 0. The Morgan fingerprint density at radius 2 is 1.80 bits per heavy atom. The van der Waals surface area contributed by atoms with E-state index in [0.29, 0.717) is 27.8 Å². The molecule has 0 aliphatic carbocycles. The van der Waals surface area contributed by atoms with Crippen LogP contribution in [0, 0.1) is 5.82 Å². The van der Waals surface area contributed by atoms with Crippen molar-refractivity contribution in [3.05, 3.63) is 54.5 Å². The van der Waals surface area contributed by atoms with E-state index in [1.54, 1.807) is 30.3 Å². The molecule has 0 saturated heterocycles. The van der Waals surface area contributed by atoms with Gasteiger partial charge in [-0.05, 0) is 29.7 Å². The zero-order valence-corrected chi connectivity index (χ0v) is 10.4. The molecule has 3 rings (SSSR count). The van der Waals surface area contributed by atoms with Gasteiger partial charge in [0.1, 0.15) is 5.82 Å². The Hall–Kier alpha value is -2.31. The molecule has 98 valence electrons. The predicted octanol–water partition coefficient (Wildman–Crippen LogP) is 1.12. The Kier molecular flexibility index (Phi) is 3.18. The summed E-state index contributed by atoms with van der Waals surface area (Å²) in [5.41, 5.74) is 2.25. The van der Waals surface area contributed by atoms with E-state index in [0.717, 1.165) is 0 Å². The van der Waals surface area contributed by atoms with E-state index in [1.807, 2.05) is 0 Å². The molecule has 0 spiro atoms. The van der Waals surface area contributed by atoms with Gasteiger partial charge in [-0.1, -0.05) is 18.2 Å². The number of aromatic nitrogens is 2. The first-order valence-corrected chi connectivity index (χ1v) is 6.03. The average molecular weight is 268 g/mol. The first-order chi connectivity index (χ1) is 9.65. The number of hydrogen-bond donors (Lipinski definition) is 2. The number of halogens is 1. The van der Waals surface area contributed by atoms with Gasteiger partial charge in [0, 0.05) is 5.56 Å². The second-order valence-corrected chi connectivity index (χ2v) is 4.36. The highest BCUT2D eigenvalue weighted by Gasteiger charge is 2.13. The SMILES string of the molecule is OB(O)c1ccc2nc(-c3ccccc3F)cnc2c1. The molecule has 2 N–H and O–H groups in total. The number of benzene rings is 2. The molecule has 0 aliphatic heterocycles. The van der Waals surface area contributed by atoms with Gasteiger partial charge in [0.15, 0.2) is 0 Å². The maximum absolute atomic E-state index is 13.7. The van der Waals surface area contributed by atoms with E-state index >= 15 is 0 Å². The monoisotopic (exact) mass is 268 g/mol. The molecule has 3 aromatic rings. The molecule has 20 heavy (non-hydrogen) atoms. The van der Waals surface area contributed by atoms with E-state index in [2.05, 4.69) is 9.97 Å². The highest BCUT2D eigenvalue weighted by Crippen LogP contribution is 2.21. The van der Waals surface area contributed by atoms with Crippen LogP contribution < -0.4 is 5.46 Å². The Labute approximate surface area is 114 Å². The maximum atomic E-state index is 13.7. The van der Waals surface area contributed by atoms with E-state index in [9.17, 15) is 4.39 Å². The normalized spacial score (nSPS) is 10.8. The van der Waals surface area contributed by atoms with Gasteiger partial charge >= 0.3 is 7.12 Å². The van der Waals surface area contributed by atoms with Crippen LogP contribution in [0.2, 0.25) is 0 Å². The molecule has 0 bridgehead atoms. The molecule has 1 aromatic heterocycles. The molecular weight excluding hydrogens is 258 g/mol. The Bertz CT molecular complexity index is 780. The number of rotatable bonds is 2. The first-order valence-electron chi connectivity index (χ1n) is 6.03. The number of hydrogen-bond acceptors (Lipinski definition) is 4. The van der Waals surface area contributed by atoms with E-state index in [1.165, 1.54) is 18.3 Å². The highest BCUT2D eigenvalue weighted by molar-refractivity contribution is 6.58. The smallest absolute Gasteiger partial charge is 0.423 e. The lowest BCUT2D eigenvalue weighted by molar-refractivity contribution is 0.426. The summed E-state index contributed by atoms with van der Waals surface area (Å²) in [6, 6.07) is 11.1. The topological polar surface area (TPSA) is 66.2 Å². The minimum Gasteiger partial charge on any atom is -0.423 e. The zero-order valence-electron chi connectivity index (χ0n) is 10.4. The van der Waals surface area contributed by atoms with E-state index in [-0.39, 0.29) is 5.82 Å². The summed E-state index contributed by atoms with van der Waals surface area (Å²) in [6.07, 6.45) is 1.47. The van der Waals surface area contributed by atoms with Crippen LogP contribution in [0.4, 0.5) is 4.39 Å². The molecule has 0 amide bonds. The van der Waals surface area contributed by atoms with Crippen LogP contribution in [0.5, 0.6) is 0 Å². The number of fused-ring (bicyclic) bond motifs is 1. The van der Waals surface area contributed by atoms with Gasteiger partial charge in [-0.2, -0.15) is 0 Å². The van der Waals surface area contributed by atoms with Crippen molar-refractivity contribution in [3.63, 3.8) is 0 Å². The molecule has 0 radical (unpaired) electrons. The summed E-state index contributed by atoms with van der Waals surface area (Å²) in [4.78, 5) is 8.53. The van der Waals surface area contributed by atoms with Crippen molar-refractivity contribution in [3.8, 4) is 11.3 Å². The van der Waals surface area contributed by atoms with Gasteiger partial charge in [-0.25, -0.2) is 9.37 Å². The van der Waals surface area contributed by atoms with Gasteiger partial charge < -0.3 is 10.0 Å². The van der Waals surface area contributed by atoms with Crippen LogP contribution in [0.15, 0.2) is 48.7 Å². The van der Waals surface area contributed by atoms with Crippen LogP contribution in [0.3, 0.4) is 0 Å². The van der Waals surface area contributed by atoms with E-state index < -0.39 is 7.12 Å². The summed E-state index contributed by atoms with van der Waals surface area (Å²) in [5, 5.41) is 18.2. The van der Waals surface area contributed by atoms with Gasteiger partial charge in [0.2, 0.25) is 0 Å². The zero-order chi connectivity index (χ0) is 14.1. The average Bonchev–Trinajstić information content (AvgIpc) is 2.46. The fourth-order valence-electron chi connectivity index (χ4n) is 1.99. The number of nitrogens with zero attached hydrogens (tertiary/aromatic N) is 2. The molecule has 0 unspecified atom stereocenters. The van der Waals surface area contributed by atoms with Crippen molar-refractivity contribution in [1.82, 2.24) is 9.97 Å². The quantitative estimate of drug-likeness (QED) is 0.683. The fraction of sp³-hybridized carbons (Fsp3) is 0. The lowest BCUT2D eigenvalue weighted by Crippen LogP contribution is -2.29. The lowest BCUT2D eigenvalue weighted by Gasteiger charge is -2.05. The largest absolute Gasteiger partial charge is 0.488 e. The Morgan fingerprint density at radius 1 is 1.00 bits per heavy atom. The van der Waals surface area contributed by atoms with Crippen molar-refractivity contribution >= 4 is 23.6 Å². The Balaban J connectivity index is 2.12. The van der Waals surface area contributed by atoms with Gasteiger partial charge in [0.05, 0.1) is 22.9 Å². The molecule has 0 aliphatic rings. The summed E-state index contributed by atoms with van der Waals surface area (Å²) in [6.45, 7) is 0. The second kappa shape index (κ2) is 4.99. The van der Waals surface area contributed by atoms with Crippen molar-refractivity contribution in [1.29, 1.82) is 0 Å². The van der Waals surface area contributed by atoms with Crippen LogP contribution >= 0.6 is 0 Å². The second-order valence-electron chi connectivity index (χ2n) is 4.36. The highest BCUT2D eigenvalue weighted by atomic mass is 19.1. The molecule has 1 heterocycles. The van der Waals surface area contributed by atoms with Crippen molar-refractivity contribution < 1.29 is 14.4 Å². The van der Waals surface area contributed by atoms with Crippen LogP contribution in [0.1, 0.15) is 0 Å². The summed E-state index contributed by atoms with van der Waals surface area (Å²) < 4.78 is 13.7. The van der Waals surface area contributed by atoms with Crippen molar-refractivity contribution in [2.45, 2.75) is 0 Å². The third kappa shape index (κ3) is 2.26. The standard InChI is InChI=1S/C14H10BFN2O2/c16-11-4-2-1-3-10(11)14-8-17-13-7-9(15(19)20)5-6-12(13)18-14/h1-8,19-20H. The molecule has 6 heteroatoms. The molecular formula is C14H10BFN2O2. The molecule has 4 nitrogen and oxygen atoms in total. The first kappa shape index (κ1) is 12.7. The molecule has 0 saturated carbocycles. The van der Waals surface area contributed by atoms with E-state index in [4.69, 9.17) is 10.0 Å². The summed E-state index contributed by atoms with van der Waals surface area (Å²) in [5.74, 6) is -0.358.